The summed E-state index contributed by atoms with van der Waals surface area (Å²) in [6.45, 7) is 0.819. The Balaban J connectivity index is 1.99. The van der Waals surface area contributed by atoms with Gasteiger partial charge in [0.05, 0.1) is 5.60 Å². The molecule has 2 nitrogen and oxygen atoms in total. The van der Waals surface area contributed by atoms with Crippen molar-refractivity contribution < 1.29 is 5.11 Å². The maximum absolute atomic E-state index is 10.9. The molecule has 2 N–H and O–H groups in total. The first kappa shape index (κ1) is 13.7. The smallest absolute Gasteiger partial charge is 0.0706 e. The van der Waals surface area contributed by atoms with Crippen molar-refractivity contribution in [3.63, 3.8) is 0 Å². The van der Waals surface area contributed by atoms with Crippen molar-refractivity contribution in [2.24, 2.45) is 5.92 Å². The van der Waals surface area contributed by atoms with Crippen LogP contribution in [0.3, 0.4) is 0 Å². The van der Waals surface area contributed by atoms with E-state index in [1.807, 2.05) is 18.2 Å². The van der Waals surface area contributed by atoms with E-state index in [1.54, 1.807) is 0 Å². The summed E-state index contributed by atoms with van der Waals surface area (Å²) in [5.41, 5.74) is 0.410. The Morgan fingerprint density at radius 3 is 2.63 bits per heavy atom. The SMILES string of the molecule is OC12CCCCC1[C@H](c1c(Cl)cccc1Cl)NCC2. The van der Waals surface area contributed by atoms with Crippen LogP contribution >= 0.6 is 23.2 Å². The van der Waals surface area contributed by atoms with Gasteiger partial charge in [-0.05, 0) is 37.9 Å². The lowest BCUT2D eigenvalue weighted by atomic mass is 9.67. The predicted octanol–water partition coefficient (Wildman–Crippen LogP) is 3.95. The number of hydrogen-bond donors (Lipinski definition) is 2. The molecule has 104 valence electrons. The lowest BCUT2D eigenvalue weighted by Crippen LogP contribution is -2.53. The molecule has 4 heteroatoms. The summed E-state index contributed by atoms with van der Waals surface area (Å²) >= 11 is 12.7. The topological polar surface area (TPSA) is 32.3 Å². The van der Waals surface area contributed by atoms with E-state index >= 15 is 0 Å². The molecule has 1 saturated heterocycles. The fraction of sp³-hybridized carbons (Fsp3) is 0.600. The molecule has 0 spiro atoms. The highest BCUT2D eigenvalue weighted by atomic mass is 35.5. The molecule has 3 rings (SSSR count). The molecule has 2 fully saturated rings. The summed E-state index contributed by atoms with van der Waals surface area (Å²) in [6.07, 6.45) is 5.06. The number of hydrogen-bond acceptors (Lipinski definition) is 2. The van der Waals surface area contributed by atoms with Crippen molar-refractivity contribution in [1.29, 1.82) is 0 Å². The molecule has 2 aliphatic rings. The summed E-state index contributed by atoms with van der Waals surface area (Å²) in [5.74, 6) is 0.215. The standard InChI is InChI=1S/C15H19Cl2NO/c16-11-5-3-6-12(17)13(11)14-10-4-1-2-7-15(10,19)8-9-18-14/h3,5-6,10,14,18-19H,1-2,4,7-9H2/t10?,14-,15?/m1/s1. The minimum absolute atomic E-state index is 0.0697. The van der Waals surface area contributed by atoms with Gasteiger partial charge in [0, 0.05) is 27.6 Å². The highest BCUT2D eigenvalue weighted by Crippen LogP contribution is 2.48. The highest BCUT2D eigenvalue weighted by Gasteiger charge is 2.46. The third kappa shape index (κ3) is 2.40. The zero-order valence-electron chi connectivity index (χ0n) is 10.8. The van der Waals surface area contributed by atoms with Gasteiger partial charge < -0.3 is 10.4 Å². The first-order chi connectivity index (χ1) is 9.12. The maximum atomic E-state index is 10.9. The van der Waals surface area contributed by atoms with E-state index in [0.29, 0.717) is 10.0 Å². The Morgan fingerprint density at radius 2 is 1.89 bits per heavy atom. The van der Waals surface area contributed by atoms with E-state index in [0.717, 1.165) is 37.8 Å². The van der Waals surface area contributed by atoms with Gasteiger partial charge in [0.1, 0.15) is 0 Å². The molecule has 1 aliphatic heterocycles. The van der Waals surface area contributed by atoms with Gasteiger partial charge in [-0.1, -0.05) is 42.1 Å². The molecular formula is C15H19Cl2NO. The lowest BCUT2D eigenvalue weighted by Gasteiger charge is -2.48. The van der Waals surface area contributed by atoms with Gasteiger partial charge in [-0.3, -0.25) is 0 Å². The van der Waals surface area contributed by atoms with Crippen LogP contribution in [-0.2, 0) is 0 Å². The third-order valence-corrected chi connectivity index (χ3v) is 5.36. The summed E-state index contributed by atoms with van der Waals surface area (Å²) in [6, 6.07) is 5.69. The molecule has 1 aromatic carbocycles. The van der Waals surface area contributed by atoms with Crippen molar-refractivity contribution in [2.45, 2.75) is 43.7 Å². The lowest BCUT2D eigenvalue weighted by molar-refractivity contribution is -0.0861. The number of rotatable bonds is 1. The molecule has 19 heavy (non-hydrogen) atoms. The normalized spacial score (nSPS) is 34.9. The Labute approximate surface area is 124 Å². The van der Waals surface area contributed by atoms with Crippen LogP contribution in [0.4, 0.5) is 0 Å². The summed E-state index contributed by atoms with van der Waals surface area (Å²) < 4.78 is 0. The molecule has 1 aliphatic carbocycles. The summed E-state index contributed by atoms with van der Waals surface area (Å²) in [4.78, 5) is 0. The van der Waals surface area contributed by atoms with Crippen LogP contribution in [0.25, 0.3) is 0 Å². The van der Waals surface area contributed by atoms with E-state index in [9.17, 15) is 5.11 Å². The average Bonchev–Trinajstić information content (AvgIpc) is 2.38. The second-order valence-electron chi connectivity index (χ2n) is 5.77. The molecule has 0 amide bonds. The number of fused-ring (bicyclic) bond motifs is 1. The van der Waals surface area contributed by atoms with Crippen molar-refractivity contribution in [3.05, 3.63) is 33.8 Å². The number of halogens is 2. The number of aliphatic hydroxyl groups is 1. The van der Waals surface area contributed by atoms with Gasteiger partial charge in [-0.25, -0.2) is 0 Å². The predicted molar refractivity (Wildman–Crippen MR) is 78.7 cm³/mol. The molecule has 0 aromatic heterocycles. The molecule has 3 atom stereocenters. The van der Waals surface area contributed by atoms with Gasteiger partial charge in [0.2, 0.25) is 0 Å². The molecule has 1 saturated carbocycles. The molecule has 1 aromatic rings. The second-order valence-corrected chi connectivity index (χ2v) is 6.59. The number of nitrogens with one attached hydrogen (secondary N) is 1. The molecule has 2 unspecified atom stereocenters. The maximum Gasteiger partial charge on any atom is 0.0706 e. The Kier molecular flexibility index (Phi) is 3.78. The van der Waals surface area contributed by atoms with Gasteiger partial charge in [-0.15, -0.1) is 0 Å². The van der Waals surface area contributed by atoms with E-state index < -0.39 is 5.60 Å². The van der Waals surface area contributed by atoms with Crippen molar-refractivity contribution in [1.82, 2.24) is 5.32 Å². The van der Waals surface area contributed by atoms with Crippen LogP contribution in [0.2, 0.25) is 10.0 Å². The highest BCUT2D eigenvalue weighted by molar-refractivity contribution is 6.36. The van der Waals surface area contributed by atoms with Crippen LogP contribution in [0.15, 0.2) is 18.2 Å². The van der Waals surface area contributed by atoms with E-state index in [2.05, 4.69) is 5.32 Å². The molecule has 1 heterocycles. The average molecular weight is 300 g/mol. The summed E-state index contributed by atoms with van der Waals surface area (Å²) in [7, 11) is 0. The molecule has 0 radical (unpaired) electrons. The zero-order chi connectivity index (χ0) is 13.5. The van der Waals surface area contributed by atoms with E-state index in [4.69, 9.17) is 23.2 Å². The third-order valence-electron chi connectivity index (χ3n) is 4.70. The zero-order valence-corrected chi connectivity index (χ0v) is 12.3. The Morgan fingerprint density at radius 1 is 1.16 bits per heavy atom. The largest absolute Gasteiger partial charge is 0.389 e. The van der Waals surface area contributed by atoms with Crippen LogP contribution in [0.5, 0.6) is 0 Å². The first-order valence-corrected chi connectivity index (χ1v) is 7.77. The minimum Gasteiger partial charge on any atom is -0.389 e. The van der Waals surface area contributed by atoms with Crippen molar-refractivity contribution in [2.75, 3.05) is 6.54 Å². The van der Waals surface area contributed by atoms with E-state index in [1.165, 1.54) is 6.42 Å². The Bertz CT molecular complexity index is 455. The quantitative estimate of drug-likeness (QED) is 0.823. The van der Waals surface area contributed by atoms with Gasteiger partial charge >= 0.3 is 0 Å². The fourth-order valence-electron chi connectivity index (χ4n) is 3.73. The van der Waals surface area contributed by atoms with Gasteiger partial charge in [-0.2, -0.15) is 0 Å². The van der Waals surface area contributed by atoms with E-state index in [-0.39, 0.29) is 12.0 Å². The van der Waals surface area contributed by atoms with Crippen molar-refractivity contribution in [3.8, 4) is 0 Å². The van der Waals surface area contributed by atoms with Gasteiger partial charge in [0.15, 0.2) is 0 Å². The number of benzene rings is 1. The minimum atomic E-state index is -0.545. The molecule has 0 bridgehead atoms. The first-order valence-electron chi connectivity index (χ1n) is 7.01. The monoisotopic (exact) mass is 299 g/mol. The van der Waals surface area contributed by atoms with Crippen LogP contribution in [0, 0.1) is 5.92 Å². The van der Waals surface area contributed by atoms with Crippen molar-refractivity contribution >= 4 is 23.2 Å². The van der Waals surface area contributed by atoms with Crippen LogP contribution in [0.1, 0.15) is 43.7 Å². The summed E-state index contributed by atoms with van der Waals surface area (Å²) in [5, 5.41) is 15.8. The van der Waals surface area contributed by atoms with Crippen LogP contribution in [-0.4, -0.2) is 17.3 Å². The fourth-order valence-corrected chi connectivity index (χ4v) is 4.37. The van der Waals surface area contributed by atoms with Crippen LogP contribution < -0.4 is 5.32 Å². The Hall–Kier alpha value is -0.280. The van der Waals surface area contributed by atoms with Gasteiger partial charge in [0.25, 0.3) is 0 Å². The number of piperidine rings is 1. The second kappa shape index (κ2) is 5.25. The molecular weight excluding hydrogens is 281 g/mol.